The second-order valence-electron chi connectivity index (χ2n) is 3.77. The summed E-state index contributed by atoms with van der Waals surface area (Å²) in [5.41, 5.74) is 0. The summed E-state index contributed by atoms with van der Waals surface area (Å²) < 4.78 is 6.31. The van der Waals surface area contributed by atoms with Gasteiger partial charge in [-0.2, -0.15) is 0 Å². The predicted molar refractivity (Wildman–Crippen MR) is 50.0 cm³/mol. The van der Waals surface area contributed by atoms with Gasteiger partial charge in [-0.25, -0.2) is 0 Å². The van der Waals surface area contributed by atoms with Crippen LogP contribution in [0.25, 0.3) is 0 Å². The predicted octanol–water partition coefficient (Wildman–Crippen LogP) is 0.542. The van der Waals surface area contributed by atoms with Gasteiger partial charge in [0, 0.05) is 6.61 Å². The van der Waals surface area contributed by atoms with Crippen molar-refractivity contribution in [1.82, 2.24) is 0 Å². The smallest absolute Gasteiger partial charge is 0.258 e. The van der Waals surface area contributed by atoms with E-state index in [4.69, 9.17) is 4.74 Å². The van der Waals surface area contributed by atoms with Crippen molar-refractivity contribution in [2.75, 3.05) is 6.61 Å². The molecule has 1 fully saturated rings. The van der Waals surface area contributed by atoms with Crippen molar-refractivity contribution in [1.29, 1.82) is 0 Å². The van der Waals surface area contributed by atoms with Gasteiger partial charge >= 0.3 is 0 Å². The van der Waals surface area contributed by atoms with Gasteiger partial charge in [-0.05, 0) is 23.3 Å². The van der Waals surface area contributed by atoms with E-state index in [9.17, 15) is 0 Å². The molecule has 58 valence electrons. The lowest BCUT2D eigenvalue weighted by atomic mass is 10.2. The molecule has 0 aliphatic carbocycles. The Balaban J connectivity index is 2.48. The molecular weight excluding hydrogens is 155 g/mol. The minimum atomic E-state index is -0.527. The van der Waals surface area contributed by atoms with Crippen LogP contribution in [-0.2, 0) is 4.74 Å². The normalized spacial score (nSPS) is 34.7. The third kappa shape index (κ3) is 1.85. The van der Waals surface area contributed by atoms with Gasteiger partial charge in [0.25, 0.3) is 16.3 Å². The SMILES string of the molecule is C[SiH](C)[C]1([AlH2])CCCCO1. The Bertz CT molecular complexity index is 110. The van der Waals surface area contributed by atoms with Crippen LogP contribution in [0.1, 0.15) is 19.3 Å². The zero-order valence-electron chi connectivity index (χ0n) is 7.31. The average molecular weight is 172 g/mol. The summed E-state index contributed by atoms with van der Waals surface area (Å²) >= 11 is 1.25. The molecule has 1 atom stereocenters. The summed E-state index contributed by atoms with van der Waals surface area (Å²) in [5.74, 6) is 0. The Kier molecular flexibility index (Phi) is 3.00. The zero-order valence-corrected chi connectivity index (χ0v) is 10.5. The van der Waals surface area contributed by atoms with Crippen LogP contribution in [0.15, 0.2) is 0 Å². The molecule has 1 aliphatic rings. The molecule has 10 heavy (non-hydrogen) atoms. The van der Waals surface area contributed by atoms with Gasteiger partial charge in [-0.3, -0.25) is 0 Å². The molecule has 0 aromatic carbocycles. The van der Waals surface area contributed by atoms with Crippen LogP contribution in [0, 0.1) is 0 Å². The second kappa shape index (κ2) is 3.40. The molecule has 0 spiro atoms. The second-order valence-corrected chi connectivity index (χ2v) is 10.2. The van der Waals surface area contributed by atoms with Crippen molar-refractivity contribution in [3.05, 3.63) is 0 Å². The van der Waals surface area contributed by atoms with E-state index < -0.39 is 8.80 Å². The van der Waals surface area contributed by atoms with Crippen molar-refractivity contribution >= 4 is 25.1 Å². The molecule has 0 bridgehead atoms. The number of hydrogen-bond acceptors (Lipinski definition) is 1. The molecule has 0 aromatic rings. The van der Waals surface area contributed by atoms with Crippen LogP contribution < -0.4 is 0 Å². The molecule has 1 unspecified atom stereocenters. The molecule has 1 aliphatic heterocycles. The van der Waals surface area contributed by atoms with E-state index in [1.807, 2.05) is 0 Å². The van der Waals surface area contributed by atoms with E-state index in [2.05, 4.69) is 13.1 Å². The van der Waals surface area contributed by atoms with E-state index in [1.54, 1.807) is 0 Å². The fourth-order valence-electron chi connectivity index (χ4n) is 1.41. The van der Waals surface area contributed by atoms with Crippen molar-refractivity contribution in [2.24, 2.45) is 0 Å². The highest BCUT2D eigenvalue weighted by molar-refractivity contribution is 6.67. The monoisotopic (exact) mass is 172 g/mol. The Morgan fingerprint density at radius 1 is 1.40 bits per heavy atom. The molecule has 1 heterocycles. The molecular formula is C7H17AlOSi. The zero-order chi connectivity index (χ0) is 7.61. The standard InChI is InChI=1S/C7H15OSi.Al.2H/c1-9(2)7-5-3-4-6-8-7;;;/h9H,3-6H2,1-2H3;;;. The Hall–Kier alpha value is 0.709. The quantitative estimate of drug-likeness (QED) is 0.525. The lowest BCUT2D eigenvalue weighted by Gasteiger charge is -2.37. The lowest BCUT2D eigenvalue weighted by Crippen LogP contribution is -2.47. The van der Waals surface area contributed by atoms with Gasteiger partial charge in [0.2, 0.25) is 0 Å². The summed E-state index contributed by atoms with van der Waals surface area (Å²) in [6, 6.07) is 0. The summed E-state index contributed by atoms with van der Waals surface area (Å²) in [4.78, 5) is 0. The van der Waals surface area contributed by atoms with Crippen LogP contribution in [0.3, 0.4) is 0 Å². The molecule has 1 nitrogen and oxygen atoms in total. The average Bonchev–Trinajstić information content (AvgIpc) is 1.89. The van der Waals surface area contributed by atoms with Crippen molar-refractivity contribution < 1.29 is 4.74 Å². The maximum atomic E-state index is 5.85. The van der Waals surface area contributed by atoms with Gasteiger partial charge in [0.1, 0.15) is 0 Å². The topological polar surface area (TPSA) is 9.23 Å². The van der Waals surface area contributed by atoms with E-state index in [0.717, 1.165) is 6.61 Å². The number of rotatable bonds is 1. The molecule has 3 heteroatoms. The van der Waals surface area contributed by atoms with Gasteiger partial charge < -0.3 is 4.74 Å². The lowest BCUT2D eigenvalue weighted by molar-refractivity contribution is 0.0336. The first-order valence-electron chi connectivity index (χ1n) is 4.29. The maximum Gasteiger partial charge on any atom is 0.258 e. The fraction of sp³-hybridized carbons (Fsp3) is 1.00. The molecule has 0 amide bonds. The third-order valence-corrected chi connectivity index (χ3v) is 9.87. The number of hydrogen-bond donors (Lipinski definition) is 0. The first-order valence-corrected chi connectivity index (χ1v) is 8.18. The maximum absolute atomic E-state index is 5.85. The minimum absolute atomic E-state index is 0.457. The first-order chi connectivity index (χ1) is 4.65. The molecule has 1 saturated heterocycles. The molecule has 0 aromatic heterocycles. The summed E-state index contributed by atoms with van der Waals surface area (Å²) in [7, 11) is -0.527. The van der Waals surface area contributed by atoms with E-state index >= 15 is 0 Å². The summed E-state index contributed by atoms with van der Waals surface area (Å²) in [6.45, 7) is 5.87. The van der Waals surface area contributed by atoms with E-state index in [-0.39, 0.29) is 0 Å². The van der Waals surface area contributed by atoms with Gasteiger partial charge in [0.15, 0.2) is 0 Å². The van der Waals surface area contributed by atoms with E-state index in [0.29, 0.717) is 4.09 Å². The highest BCUT2D eigenvalue weighted by Gasteiger charge is 2.31. The Morgan fingerprint density at radius 2 is 2.10 bits per heavy atom. The fourth-order valence-corrected chi connectivity index (χ4v) is 3.20. The summed E-state index contributed by atoms with van der Waals surface area (Å²) in [6.07, 6.45) is 4.07. The van der Waals surface area contributed by atoms with Gasteiger partial charge in [-0.1, -0.05) is 13.1 Å². The van der Waals surface area contributed by atoms with Crippen molar-refractivity contribution in [3.8, 4) is 0 Å². The van der Waals surface area contributed by atoms with Gasteiger partial charge in [0.05, 0.1) is 8.80 Å². The minimum Gasteiger partial charge on any atom is -0.394 e. The van der Waals surface area contributed by atoms with Gasteiger partial charge in [-0.15, -0.1) is 0 Å². The third-order valence-electron chi connectivity index (χ3n) is 2.72. The van der Waals surface area contributed by atoms with Crippen molar-refractivity contribution in [2.45, 2.75) is 36.4 Å². The van der Waals surface area contributed by atoms with Crippen LogP contribution in [0.5, 0.6) is 0 Å². The number of ether oxygens (including phenoxy) is 1. The molecule has 0 saturated carbocycles. The molecule has 1 rings (SSSR count). The Labute approximate surface area is 73.2 Å². The van der Waals surface area contributed by atoms with Crippen LogP contribution in [0.2, 0.25) is 13.1 Å². The first kappa shape index (κ1) is 8.80. The largest absolute Gasteiger partial charge is 0.394 e. The summed E-state index contributed by atoms with van der Waals surface area (Å²) in [5, 5.41) is 0. The van der Waals surface area contributed by atoms with E-state index in [1.165, 1.54) is 35.6 Å². The highest BCUT2D eigenvalue weighted by Crippen LogP contribution is 2.23. The van der Waals surface area contributed by atoms with Crippen LogP contribution >= 0.6 is 0 Å². The molecule has 0 radical (unpaired) electrons. The van der Waals surface area contributed by atoms with Crippen molar-refractivity contribution in [3.63, 3.8) is 0 Å². The Morgan fingerprint density at radius 3 is 2.40 bits per heavy atom. The van der Waals surface area contributed by atoms with Crippen LogP contribution in [-0.4, -0.2) is 35.8 Å². The van der Waals surface area contributed by atoms with Crippen LogP contribution in [0.4, 0.5) is 0 Å². The molecule has 0 N–H and O–H groups in total. The highest BCUT2D eigenvalue weighted by atomic mass is 28.3.